The number of aryl methyl sites for hydroxylation is 1. The standard InChI is InChI=1S/C13H17NO2/c1-9-3-5-10(6-4-9)13(2)11(12(15)16)7-8-14-13/h3-6,11,14H,7-8H2,1-2H3,(H,15,16). The fourth-order valence-electron chi connectivity index (χ4n) is 2.46. The molecule has 0 radical (unpaired) electrons. The number of hydrogen-bond donors (Lipinski definition) is 2. The zero-order valence-electron chi connectivity index (χ0n) is 9.66. The molecule has 0 amide bonds. The molecule has 2 N–H and O–H groups in total. The summed E-state index contributed by atoms with van der Waals surface area (Å²) in [4.78, 5) is 11.2. The fraction of sp³-hybridized carbons (Fsp3) is 0.462. The van der Waals surface area contributed by atoms with Crippen LogP contribution in [-0.4, -0.2) is 17.6 Å². The third-order valence-corrected chi connectivity index (χ3v) is 3.57. The summed E-state index contributed by atoms with van der Waals surface area (Å²) in [6.07, 6.45) is 0.694. The molecule has 16 heavy (non-hydrogen) atoms. The van der Waals surface area contributed by atoms with Gasteiger partial charge in [-0.25, -0.2) is 0 Å². The molecule has 0 aromatic heterocycles. The highest BCUT2D eigenvalue weighted by atomic mass is 16.4. The minimum absolute atomic E-state index is 0.338. The van der Waals surface area contributed by atoms with Crippen LogP contribution in [-0.2, 0) is 10.3 Å². The van der Waals surface area contributed by atoms with E-state index in [0.29, 0.717) is 6.42 Å². The van der Waals surface area contributed by atoms with E-state index in [1.807, 2.05) is 38.1 Å². The van der Waals surface area contributed by atoms with Gasteiger partial charge in [0.2, 0.25) is 0 Å². The van der Waals surface area contributed by atoms with Gasteiger partial charge in [0.25, 0.3) is 0 Å². The van der Waals surface area contributed by atoms with Crippen molar-refractivity contribution in [1.29, 1.82) is 0 Å². The van der Waals surface area contributed by atoms with Gasteiger partial charge in [-0.2, -0.15) is 0 Å². The lowest BCUT2D eigenvalue weighted by Gasteiger charge is -2.30. The Bertz CT molecular complexity index is 399. The Balaban J connectivity index is 2.37. The van der Waals surface area contributed by atoms with Gasteiger partial charge < -0.3 is 10.4 Å². The zero-order valence-corrected chi connectivity index (χ0v) is 9.66. The third kappa shape index (κ3) is 1.71. The summed E-state index contributed by atoms with van der Waals surface area (Å²) >= 11 is 0. The number of carboxylic acid groups (broad SMARTS) is 1. The van der Waals surface area contributed by atoms with Gasteiger partial charge in [0.05, 0.1) is 11.5 Å². The second-order valence-corrected chi connectivity index (χ2v) is 4.67. The van der Waals surface area contributed by atoms with Crippen LogP contribution in [0, 0.1) is 12.8 Å². The molecule has 1 fully saturated rings. The number of carboxylic acids is 1. The molecule has 2 atom stereocenters. The molecule has 1 aromatic carbocycles. The number of benzene rings is 1. The molecule has 2 rings (SSSR count). The smallest absolute Gasteiger partial charge is 0.308 e. The predicted octanol–water partition coefficient (Wildman–Crippen LogP) is 1.90. The van der Waals surface area contributed by atoms with Crippen molar-refractivity contribution in [1.82, 2.24) is 5.32 Å². The van der Waals surface area contributed by atoms with Gasteiger partial charge >= 0.3 is 5.97 Å². The number of hydrogen-bond acceptors (Lipinski definition) is 2. The molecular weight excluding hydrogens is 202 g/mol. The predicted molar refractivity (Wildman–Crippen MR) is 62.3 cm³/mol. The van der Waals surface area contributed by atoms with Gasteiger partial charge in [-0.3, -0.25) is 4.79 Å². The molecular formula is C13H17NO2. The summed E-state index contributed by atoms with van der Waals surface area (Å²) in [6.45, 7) is 4.77. The monoisotopic (exact) mass is 219 g/mol. The van der Waals surface area contributed by atoms with Gasteiger partial charge in [-0.05, 0) is 32.4 Å². The van der Waals surface area contributed by atoms with E-state index in [1.54, 1.807) is 0 Å². The molecule has 0 spiro atoms. The fourth-order valence-corrected chi connectivity index (χ4v) is 2.46. The van der Waals surface area contributed by atoms with Gasteiger partial charge in [0, 0.05) is 0 Å². The first-order valence-corrected chi connectivity index (χ1v) is 5.59. The lowest BCUT2D eigenvalue weighted by Crippen LogP contribution is -2.41. The SMILES string of the molecule is Cc1ccc(C2(C)NCCC2C(=O)O)cc1. The molecule has 1 aliphatic heterocycles. The molecule has 0 bridgehead atoms. The minimum atomic E-state index is -0.715. The first-order valence-electron chi connectivity index (χ1n) is 5.59. The van der Waals surface area contributed by atoms with Gasteiger partial charge in [0.15, 0.2) is 0 Å². The second-order valence-electron chi connectivity index (χ2n) is 4.67. The zero-order chi connectivity index (χ0) is 11.8. The van der Waals surface area contributed by atoms with Crippen LogP contribution in [0.25, 0.3) is 0 Å². The lowest BCUT2D eigenvalue weighted by molar-refractivity contribution is -0.143. The summed E-state index contributed by atoms with van der Waals surface area (Å²) in [5, 5.41) is 12.5. The largest absolute Gasteiger partial charge is 0.481 e. The van der Waals surface area contributed by atoms with Crippen LogP contribution in [0.3, 0.4) is 0 Å². The molecule has 0 saturated carbocycles. The minimum Gasteiger partial charge on any atom is -0.481 e. The van der Waals surface area contributed by atoms with E-state index < -0.39 is 11.5 Å². The average Bonchev–Trinajstić information content (AvgIpc) is 2.62. The summed E-state index contributed by atoms with van der Waals surface area (Å²) in [7, 11) is 0. The summed E-state index contributed by atoms with van der Waals surface area (Å²) in [5.74, 6) is -1.05. The summed E-state index contributed by atoms with van der Waals surface area (Å²) < 4.78 is 0. The number of carbonyl (C=O) groups is 1. The average molecular weight is 219 g/mol. The van der Waals surface area contributed by atoms with Crippen molar-refractivity contribution in [3.05, 3.63) is 35.4 Å². The second kappa shape index (κ2) is 3.91. The van der Waals surface area contributed by atoms with Crippen molar-refractivity contribution >= 4 is 5.97 Å². The highest BCUT2D eigenvalue weighted by Gasteiger charge is 2.44. The Morgan fingerprint density at radius 1 is 1.44 bits per heavy atom. The quantitative estimate of drug-likeness (QED) is 0.798. The Morgan fingerprint density at radius 3 is 2.62 bits per heavy atom. The topological polar surface area (TPSA) is 49.3 Å². The Morgan fingerprint density at radius 2 is 2.06 bits per heavy atom. The normalized spacial score (nSPS) is 29.2. The van der Waals surface area contributed by atoms with Crippen molar-refractivity contribution < 1.29 is 9.90 Å². The van der Waals surface area contributed by atoms with Crippen LogP contribution in [0.2, 0.25) is 0 Å². The van der Waals surface area contributed by atoms with Crippen LogP contribution in [0.4, 0.5) is 0 Å². The van der Waals surface area contributed by atoms with E-state index in [2.05, 4.69) is 5.32 Å². The van der Waals surface area contributed by atoms with Gasteiger partial charge in [-0.15, -0.1) is 0 Å². The maximum atomic E-state index is 11.2. The maximum Gasteiger partial charge on any atom is 0.308 e. The van der Waals surface area contributed by atoms with Crippen molar-refractivity contribution in [2.45, 2.75) is 25.8 Å². The summed E-state index contributed by atoms with van der Waals surface area (Å²) in [6, 6.07) is 8.09. The van der Waals surface area contributed by atoms with E-state index in [4.69, 9.17) is 0 Å². The van der Waals surface area contributed by atoms with E-state index in [1.165, 1.54) is 5.56 Å². The summed E-state index contributed by atoms with van der Waals surface area (Å²) in [5.41, 5.74) is 1.82. The third-order valence-electron chi connectivity index (χ3n) is 3.57. The molecule has 86 valence electrons. The van der Waals surface area contributed by atoms with Crippen LogP contribution in [0.15, 0.2) is 24.3 Å². The van der Waals surface area contributed by atoms with Crippen molar-refractivity contribution in [3.63, 3.8) is 0 Å². The molecule has 3 nitrogen and oxygen atoms in total. The molecule has 3 heteroatoms. The highest BCUT2D eigenvalue weighted by Crippen LogP contribution is 2.36. The molecule has 0 aliphatic carbocycles. The Labute approximate surface area is 95.5 Å². The Hall–Kier alpha value is -1.35. The molecule has 2 unspecified atom stereocenters. The molecule has 1 aromatic rings. The first kappa shape index (κ1) is 11.1. The number of aliphatic carboxylic acids is 1. The molecule has 1 heterocycles. The van der Waals surface area contributed by atoms with Crippen LogP contribution >= 0.6 is 0 Å². The number of nitrogens with one attached hydrogen (secondary N) is 1. The highest BCUT2D eigenvalue weighted by molar-refractivity contribution is 5.72. The van der Waals surface area contributed by atoms with E-state index in [-0.39, 0.29) is 5.92 Å². The van der Waals surface area contributed by atoms with E-state index >= 15 is 0 Å². The van der Waals surface area contributed by atoms with E-state index in [0.717, 1.165) is 12.1 Å². The molecule has 1 aliphatic rings. The Kier molecular flexibility index (Phi) is 2.72. The molecule has 1 saturated heterocycles. The lowest BCUT2D eigenvalue weighted by atomic mass is 9.81. The van der Waals surface area contributed by atoms with E-state index in [9.17, 15) is 9.90 Å². The van der Waals surface area contributed by atoms with Crippen molar-refractivity contribution in [2.75, 3.05) is 6.54 Å². The van der Waals surface area contributed by atoms with Crippen molar-refractivity contribution in [2.24, 2.45) is 5.92 Å². The van der Waals surface area contributed by atoms with Gasteiger partial charge in [0.1, 0.15) is 0 Å². The van der Waals surface area contributed by atoms with Crippen LogP contribution < -0.4 is 5.32 Å². The maximum absolute atomic E-state index is 11.2. The van der Waals surface area contributed by atoms with Crippen LogP contribution in [0.5, 0.6) is 0 Å². The van der Waals surface area contributed by atoms with Crippen molar-refractivity contribution in [3.8, 4) is 0 Å². The van der Waals surface area contributed by atoms with Crippen LogP contribution in [0.1, 0.15) is 24.5 Å². The van der Waals surface area contributed by atoms with Gasteiger partial charge in [-0.1, -0.05) is 29.8 Å². The number of rotatable bonds is 2. The first-order chi connectivity index (χ1) is 7.54.